The normalized spacial score (nSPS) is 12.4. The number of rotatable bonds is 10. The summed E-state index contributed by atoms with van der Waals surface area (Å²) >= 11 is 0. The van der Waals surface area contributed by atoms with Gasteiger partial charge in [0.2, 0.25) is 0 Å². The van der Waals surface area contributed by atoms with Crippen LogP contribution in [0.4, 0.5) is 11.4 Å². The number of benzene rings is 4. The van der Waals surface area contributed by atoms with Crippen LogP contribution in [0.25, 0.3) is 0 Å². The van der Waals surface area contributed by atoms with Crippen LogP contribution in [-0.4, -0.2) is 55.3 Å². The lowest BCUT2D eigenvalue weighted by Gasteiger charge is -2.40. The highest BCUT2D eigenvalue weighted by atomic mass is 32.3. The molecular formula is C35H42N2O6S2. The van der Waals surface area contributed by atoms with Crippen molar-refractivity contribution in [3.8, 4) is 5.75 Å². The van der Waals surface area contributed by atoms with Crippen molar-refractivity contribution in [1.82, 2.24) is 0 Å². The maximum atomic E-state index is 14.2. The molecule has 4 rings (SSSR count). The molecule has 0 unspecified atom stereocenters. The minimum Gasteiger partial charge on any atom is -0.496 e. The van der Waals surface area contributed by atoms with E-state index < -0.39 is 32.0 Å². The standard InChI is InChI=1S/C35H42N2O6S2/c1-25-10-17-31(18-11-25)45(39,40)43-44(29-19-13-27(14-20-29)36(5)6,30-21-15-28(16-22-30)37(7)8)33-23-12-26(24-32(33)41-9)34(38)42-35(2,3)4/h10-24H,1-9H3. The molecule has 0 aliphatic carbocycles. The highest BCUT2D eigenvalue weighted by Crippen LogP contribution is 2.72. The summed E-state index contributed by atoms with van der Waals surface area (Å²) < 4.78 is 46.5. The van der Waals surface area contributed by atoms with E-state index in [-0.39, 0.29) is 10.5 Å². The van der Waals surface area contributed by atoms with E-state index in [1.165, 1.54) is 7.11 Å². The quantitative estimate of drug-likeness (QED) is 0.162. The average Bonchev–Trinajstić information content (AvgIpc) is 2.99. The molecule has 0 saturated heterocycles. The molecule has 8 nitrogen and oxygen atoms in total. The van der Waals surface area contributed by atoms with Crippen molar-refractivity contribution in [2.75, 3.05) is 45.1 Å². The summed E-state index contributed by atoms with van der Waals surface area (Å²) in [7, 11) is 1.84. The Bertz CT molecular complexity index is 1690. The minimum absolute atomic E-state index is 0.0316. The second kappa shape index (κ2) is 13.2. The van der Waals surface area contributed by atoms with Crippen LogP contribution in [0.1, 0.15) is 36.7 Å². The minimum atomic E-state index is -4.34. The number of carbonyl (C=O) groups excluding carboxylic acids is 1. The zero-order valence-electron chi connectivity index (χ0n) is 27.3. The molecule has 0 aromatic heterocycles. The van der Waals surface area contributed by atoms with E-state index in [4.69, 9.17) is 13.1 Å². The Labute approximate surface area is 269 Å². The number of anilines is 2. The Morgan fingerprint density at radius 2 is 1.16 bits per heavy atom. The van der Waals surface area contributed by atoms with Gasteiger partial charge in [0, 0.05) is 49.4 Å². The summed E-state index contributed by atoms with van der Waals surface area (Å²) in [5.74, 6) is -0.229. The van der Waals surface area contributed by atoms with Crippen molar-refractivity contribution in [1.29, 1.82) is 0 Å². The summed E-state index contributed by atoms with van der Waals surface area (Å²) in [5.41, 5.74) is 2.36. The van der Waals surface area contributed by atoms with E-state index in [1.807, 2.05) is 93.4 Å². The van der Waals surface area contributed by atoms with Crippen molar-refractivity contribution >= 4 is 37.8 Å². The molecule has 0 N–H and O–H groups in total. The first-order valence-corrected chi connectivity index (χ1v) is 17.4. The number of hydrogen-bond acceptors (Lipinski definition) is 8. The predicted molar refractivity (Wildman–Crippen MR) is 182 cm³/mol. The van der Waals surface area contributed by atoms with Gasteiger partial charge in [-0.25, -0.2) is 8.42 Å². The van der Waals surface area contributed by atoms with Gasteiger partial charge in [0.1, 0.15) is 11.4 Å². The summed E-state index contributed by atoms with van der Waals surface area (Å²) in [4.78, 5) is 18.8. The fraction of sp³-hybridized carbons (Fsp3) is 0.286. The molecule has 0 fully saturated rings. The van der Waals surface area contributed by atoms with Gasteiger partial charge in [-0.2, -0.15) is 8.42 Å². The number of carbonyl (C=O) groups is 1. The monoisotopic (exact) mass is 650 g/mol. The molecule has 0 atom stereocenters. The Kier molecular flexibility index (Phi) is 9.91. The van der Waals surface area contributed by atoms with Gasteiger partial charge in [-0.05, 0) is 117 Å². The summed E-state index contributed by atoms with van der Waals surface area (Å²) in [6.45, 7) is 7.28. The van der Waals surface area contributed by atoms with Gasteiger partial charge >= 0.3 is 16.1 Å². The zero-order valence-corrected chi connectivity index (χ0v) is 29.0. The molecule has 0 amide bonds. The molecule has 10 heteroatoms. The maximum Gasteiger partial charge on any atom is 0.338 e. The molecule has 0 radical (unpaired) electrons. The topological polar surface area (TPSA) is 85.4 Å². The van der Waals surface area contributed by atoms with Crippen LogP contribution < -0.4 is 14.5 Å². The molecule has 0 spiro atoms. The fourth-order valence-corrected chi connectivity index (χ4v) is 9.91. The second-order valence-corrected chi connectivity index (χ2v) is 16.5. The van der Waals surface area contributed by atoms with E-state index in [1.54, 1.807) is 63.2 Å². The Morgan fingerprint density at radius 3 is 1.58 bits per heavy atom. The number of esters is 1. The highest BCUT2D eigenvalue weighted by molar-refractivity contribution is 8.33. The van der Waals surface area contributed by atoms with Gasteiger partial charge < -0.3 is 19.3 Å². The van der Waals surface area contributed by atoms with E-state index in [0.717, 1.165) is 16.9 Å². The zero-order chi connectivity index (χ0) is 33.2. The summed E-state index contributed by atoms with van der Waals surface area (Å²) in [6.07, 6.45) is 0. The molecule has 0 aliphatic rings. The molecule has 0 heterocycles. The van der Waals surface area contributed by atoms with Gasteiger partial charge in [0.15, 0.2) is 0 Å². The molecule has 0 bridgehead atoms. The van der Waals surface area contributed by atoms with Crippen molar-refractivity contribution in [3.63, 3.8) is 0 Å². The van der Waals surface area contributed by atoms with Crippen molar-refractivity contribution in [2.45, 2.75) is 52.9 Å². The van der Waals surface area contributed by atoms with Gasteiger partial charge in [0.05, 0.1) is 22.5 Å². The van der Waals surface area contributed by atoms with E-state index >= 15 is 0 Å². The highest BCUT2D eigenvalue weighted by Gasteiger charge is 2.41. The Balaban J connectivity index is 2.07. The van der Waals surface area contributed by atoms with Gasteiger partial charge in [-0.3, -0.25) is 0 Å². The largest absolute Gasteiger partial charge is 0.496 e. The third kappa shape index (κ3) is 7.46. The van der Waals surface area contributed by atoms with Crippen LogP contribution in [0, 0.1) is 6.92 Å². The third-order valence-electron chi connectivity index (χ3n) is 6.98. The number of nitrogens with zero attached hydrogens (tertiary/aromatic N) is 2. The van der Waals surface area contributed by atoms with E-state index in [9.17, 15) is 13.2 Å². The molecule has 4 aromatic rings. The van der Waals surface area contributed by atoms with Crippen LogP contribution in [0.5, 0.6) is 5.75 Å². The number of hydrogen-bond donors (Lipinski definition) is 0. The van der Waals surface area contributed by atoms with Crippen LogP contribution >= 0.6 is 10.3 Å². The van der Waals surface area contributed by atoms with Crippen LogP contribution in [-0.2, 0) is 18.5 Å². The molecule has 4 aromatic carbocycles. The Morgan fingerprint density at radius 1 is 0.689 bits per heavy atom. The lowest BCUT2D eigenvalue weighted by molar-refractivity contribution is 0.00689. The molecule has 240 valence electrons. The number of methoxy groups -OCH3 is 1. The smallest absolute Gasteiger partial charge is 0.338 e. The second-order valence-electron chi connectivity index (χ2n) is 12.0. The number of ether oxygens (including phenoxy) is 2. The van der Waals surface area contributed by atoms with Gasteiger partial charge in [-0.15, -0.1) is 0 Å². The first kappa shape index (κ1) is 33.9. The Hall–Kier alpha value is -3.99. The maximum absolute atomic E-state index is 14.2. The van der Waals surface area contributed by atoms with Crippen molar-refractivity contribution < 1.29 is 26.3 Å². The molecule has 45 heavy (non-hydrogen) atoms. The van der Waals surface area contributed by atoms with Gasteiger partial charge in [0.25, 0.3) is 0 Å². The summed E-state index contributed by atoms with van der Waals surface area (Å²) in [6, 6.07) is 26.7. The van der Waals surface area contributed by atoms with Gasteiger partial charge in [-0.1, -0.05) is 17.7 Å². The summed E-state index contributed by atoms with van der Waals surface area (Å²) in [5, 5.41) is 0. The molecule has 0 aliphatic heterocycles. The first-order chi connectivity index (χ1) is 21.1. The molecule has 0 saturated carbocycles. The van der Waals surface area contributed by atoms with Crippen LogP contribution in [0.3, 0.4) is 0 Å². The number of aryl methyl sites for hydroxylation is 1. The third-order valence-corrected chi connectivity index (χ3v) is 12.2. The lowest BCUT2D eigenvalue weighted by atomic mass is 10.1. The van der Waals surface area contributed by atoms with E-state index in [2.05, 4.69) is 0 Å². The van der Waals surface area contributed by atoms with E-state index in [0.29, 0.717) is 20.4 Å². The molecular weight excluding hydrogens is 609 g/mol. The fourth-order valence-electron chi connectivity index (χ4n) is 4.62. The van der Waals surface area contributed by atoms with Crippen molar-refractivity contribution in [3.05, 3.63) is 102 Å². The lowest BCUT2D eigenvalue weighted by Crippen LogP contribution is -2.24. The van der Waals surface area contributed by atoms with Crippen LogP contribution in [0.15, 0.2) is 111 Å². The predicted octanol–water partition coefficient (Wildman–Crippen LogP) is 7.69. The SMILES string of the molecule is COc1cc(C(=O)OC(C)(C)C)ccc1S(OS(=O)(=O)c1ccc(C)cc1)(c1ccc(N(C)C)cc1)c1ccc(N(C)C)cc1. The van der Waals surface area contributed by atoms with Crippen LogP contribution in [0.2, 0.25) is 0 Å². The average molecular weight is 651 g/mol. The van der Waals surface area contributed by atoms with Crippen molar-refractivity contribution in [2.24, 2.45) is 0 Å². The first-order valence-electron chi connectivity index (χ1n) is 14.4.